The second-order valence-corrected chi connectivity index (χ2v) is 6.15. The molecule has 0 amide bonds. The van der Waals surface area contributed by atoms with Crippen LogP contribution in [0, 0.1) is 12.7 Å². The summed E-state index contributed by atoms with van der Waals surface area (Å²) in [6.07, 6.45) is 0. The van der Waals surface area contributed by atoms with Crippen molar-refractivity contribution >= 4 is 17.1 Å². The fourth-order valence-electron chi connectivity index (χ4n) is 2.73. The first-order chi connectivity index (χ1) is 12.0. The van der Waals surface area contributed by atoms with E-state index in [1.807, 2.05) is 42.3 Å². The Morgan fingerprint density at radius 3 is 2.68 bits per heavy atom. The van der Waals surface area contributed by atoms with Crippen LogP contribution in [-0.2, 0) is 0 Å². The van der Waals surface area contributed by atoms with E-state index in [9.17, 15) is 4.39 Å². The van der Waals surface area contributed by atoms with Gasteiger partial charge >= 0.3 is 0 Å². The number of benzene rings is 2. The highest BCUT2D eigenvalue weighted by Crippen LogP contribution is 2.21. The summed E-state index contributed by atoms with van der Waals surface area (Å²) in [6, 6.07) is 12.6. The molecule has 0 unspecified atom stereocenters. The molecule has 0 saturated heterocycles. The highest BCUT2D eigenvalue weighted by Gasteiger charge is 2.19. The summed E-state index contributed by atoms with van der Waals surface area (Å²) in [5.41, 5.74) is 16.7. The molecular weight excluding hydrogens is 317 g/mol. The van der Waals surface area contributed by atoms with Crippen molar-refractivity contribution in [3.63, 3.8) is 0 Å². The van der Waals surface area contributed by atoms with Crippen molar-refractivity contribution in [2.75, 3.05) is 31.2 Å². The number of nitrogen functional groups attached to an aromatic ring is 1. The number of nitrogens with zero attached hydrogens (tertiary/aromatic N) is 2. The van der Waals surface area contributed by atoms with Gasteiger partial charge in [-0.25, -0.2) is 9.38 Å². The van der Waals surface area contributed by atoms with Crippen molar-refractivity contribution in [1.82, 2.24) is 4.90 Å². The Morgan fingerprint density at radius 2 is 1.96 bits per heavy atom. The quantitative estimate of drug-likeness (QED) is 0.748. The molecule has 6 heteroatoms. The molecule has 0 saturated carbocycles. The number of aliphatic imine (C=N–C) groups is 1. The molecule has 2 aromatic carbocycles. The number of nitrogens with one attached hydrogen (secondary N) is 1. The van der Waals surface area contributed by atoms with Crippen LogP contribution in [0.3, 0.4) is 0 Å². The Morgan fingerprint density at radius 1 is 1.20 bits per heavy atom. The number of likely N-dealkylation sites (N-methyl/N-ethyl adjacent to an activating group) is 1. The summed E-state index contributed by atoms with van der Waals surface area (Å²) in [4.78, 5) is 6.64. The maximum Gasteiger partial charge on any atom is 0.126 e. The third-order valence-corrected chi connectivity index (χ3v) is 4.26. The molecule has 2 aromatic rings. The van der Waals surface area contributed by atoms with E-state index >= 15 is 0 Å². The molecule has 0 atom stereocenters. The van der Waals surface area contributed by atoms with E-state index in [0.29, 0.717) is 30.2 Å². The molecular formula is C19H22FN5. The fraction of sp³-hybridized carbons (Fsp3) is 0.211. The van der Waals surface area contributed by atoms with Crippen LogP contribution in [0.2, 0.25) is 0 Å². The van der Waals surface area contributed by atoms with Crippen molar-refractivity contribution in [3.8, 4) is 0 Å². The second-order valence-electron chi connectivity index (χ2n) is 6.15. The molecule has 0 bridgehead atoms. The molecule has 0 radical (unpaired) electrons. The number of nitrogens with two attached hydrogens (primary N) is 2. The number of rotatable bonds is 4. The van der Waals surface area contributed by atoms with Crippen LogP contribution >= 0.6 is 0 Å². The molecule has 0 spiro atoms. The van der Waals surface area contributed by atoms with Crippen LogP contribution in [-0.4, -0.2) is 30.7 Å². The number of aryl methyl sites for hydroxylation is 1. The van der Waals surface area contributed by atoms with Crippen molar-refractivity contribution in [2.45, 2.75) is 6.92 Å². The third-order valence-electron chi connectivity index (χ3n) is 4.26. The van der Waals surface area contributed by atoms with Gasteiger partial charge in [-0.15, -0.1) is 0 Å². The van der Waals surface area contributed by atoms with Gasteiger partial charge in [0.25, 0.3) is 0 Å². The van der Waals surface area contributed by atoms with Crippen LogP contribution in [0.15, 0.2) is 59.0 Å². The molecule has 5 nitrogen and oxygen atoms in total. The largest absolute Gasteiger partial charge is 0.397 e. The molecule has 5 N–H and O–H groups in total. The van der Waals surface area contributed by atoms with Crippen LogP contribution in [0.25, 0.3) is 0 Å². The first-order valence-electron chi connectivity index (χ1n) is 8.08. The SMILES string of the molecule is Cc1cc(C2=NC(CNc3ccccc3N)=C(N)N(C)C2)ccc1F. The van der Waals surface area contributed by atoms with E-state index in [1.165, 1.54) is 6.07 Å². The average Bonchev–Trinajstić information content (AvgIpc) is 2.59. The zero-order valence-corrected chi connectivity index (χ0v) is 14.4. The van der Waals surface area contributed by atoms with E-state index < -0.39 is 0 Å². The second kappa shape index (κ2) is 6.84. The molecule has 0 fully saturated rings. The summed E-state index contributed by atoms with van der Waals surface area (Å²) in [6.45, 7) is 2.78. The summed E-state index contributed by atoms with van der Waals surface area (Å²) in [5.74, 6) is 0.398. The zero-order chi connectivity index (χ0) is 18.0. The number of halogens is 1. The predicted molar refractivity (Wildman–Crippen MR) is 101 cm³/mol. The van der Waals surface area contributed by atoms with Crippen LogP contribution in [0.4, 0.5) is 15.8 Å². The van der Waals surface area contributed by atoms with Gasteiger partial charge in [0.2, 0.25) is 0 Å². The van der Waals surface area contributed by atoms with E-state index in [2.05, 4.69) is 5.32 Å². The Hall–Kier alpha value is -3.02. The number of anilines is 2. The Labute approximate surface area is 146 Å². The standard InChI is InChI=1S/C19H22FN5/c1-12-9-13(7-8-14(12)20)18-11-25(2)19(22)17(24-18)10-23-16-6-4-3-5-15(16)21/h3-9,23H,10-11,21-22H2,1-2H3. The lowest BCUT2D eigenvalue weighted by Gasteiger charge is -2.27. The Bertz CT molecular complexity index is 857. The number of hydrogen-bond acceptors (Lipinski definition) is 5. The lowest BCUT2D eigenvalue weighted by molar-refractivity contribution is 0.456. The highest BCUT2D eigenvalue weighted by molar-refractivity contribution is 6.03. The van der Waals surface area contributed by atoms with Crippen molar-refractivity contribution < 1.29 is 4.39 Å². The highest BCUT2D eigenvalue weighted by atomic mass is 19.1. The van der Waals surface area contributed by atoms with Crippen LogP contribution in [0.1, 0.15) is 11.1 Å². The minimum Gasteiger partial charge on any atom is -0.397 e. The predicted octanol–water partition coefficient (Wildman–Crippen LogP) is 2.69. The first-order valence-corrected chi connectivity index (χ1v) is 8.08. The summed E-state index contributed by atoms with van der Waals surface area (Å²) in [5, 5.41) is 3.27. The lowest BCUT2D eigenvalue weighted by Crippen LogP contribution is -2.35. The molecule has 0 aliphatic carbocycles. The minimum atomic E-state index is -0.218. The third kappa shape index (κ3) is 3.57. The maximum absolute atomic E-state index is 13.5. The number of hydrogen-bond donors (Lipinski definition) is 3. The van der Waals surface area contributed by atoms with Gasteiger partial charge < -0.3 is 21.7 Å². The van der Waals surface area contributed by atoms with E-state index in [-0.39, 0.29) is 5.82 Å². The maximum atomic E-state index is 13.5. The van der Waals surface area contributed by atoms with E-state index in [1.54, 1.807) is 13.0 Å². The molecule has 3 rings (SSSR count). The van der Waals surface area contributed by atoms with Crippen molar-refractivity contribution in [3.05, 3.63) is 70.9 Å². The van der Waals surface area contributed by atoms with Crippen molar-refractivity contribution in [1.29, 1.82) is 0 Å². The minimum absolute atomic E-state index is 0.218. The van der Waals surface area contributed by atoms with Gasteiger partial charge in [-0.05, 0) is 42.3 Å². The van der Waals surface area contributed by atoms with Gasteiger partial charge in [0.1, 0.15) is 11.6 Å². The van der Waals surface area contributed by atoms with Gasteiger partial charge in [0, 0.05) is 7.05 Å². The van der Waals surface area contributed by atoms with Gasteiger partial charge in [-0.3, -0.25) is 0 Å². The monoisotopic (exact) mass is 339 g/mol. The topological polar surface area (TPSA) is 79.7 Å². The molecule has 0 aromatic heterocycles. The molecule has 130 valence electrons. The van der Waals surface area contributed by atoms with Crippen LogP contribution in [0.5, 0.6) is 0 Å². The summed E-state index contributed by atoms with van der Waals surface area (Å²) < 4.78 is 13.5. The van der Waals surface area contributed by atoms with Gasteiger partial charge in [0.15, 0.2) is 0 Å². The smallest absolute Gasteiger partial charge is 0.126 e. The molecule has 1 heterocycles. The summed E-state index contributed by atoms with van der Waals surface area (Å²) in [7, 11) is 1.91. The van der Waals surface area contributed by atoms with Gasteiger partial charge in [-0.2, -0.15) is 0 Å². The van der Waals surface area contributed by atoms with Gasteiger partial charge in [0.05, 0.1) is 35.9 Å². The summed E-state index contributed by atoms with van der Waals surface area (Å²) >= 11 is 0. The Balaban J connectivity index is 1.86. The van der Waals surface area contributed by atoms with E-state index in [4.69, 9.17) is 16.5 Å². The number of para-hydroxylation sites is 2. The van der Waals surface area contributed by atoms with Crippen molar-refractivity contribution in [2.24, 2.45) is 10.7 Å². The average molecular weight is 339 g/mol. The van der Waals surface area contributed by atoms with E-state index in [0.717, 1.165) is 22.7 Å². The fourth-order valence-corrected chi connectivity index (χ4v) is 2.73. The zero-order valence-electron chi connectivity index (χ0n) is 14.4. The van der Waals surface area contributed by atoms with Gasteiger partial charge in [-0.1, -0.05) is 18.2 Å². The van der Waals surface area contributed by atoms with Crippen LogP contribution < -0.4 is 16.8 Å². The first kappa shape index (κ1) is 16.8. The lowest BCUT2D eigenvalue weighted by atomic mass is 10.1. The molecule has 25 heavy (non-hydrogen) atoms. The Kier molecular flexibility index (Phi) is 4.61. The molecule has 1 aliphatic rings. The normalized spacial score (nSPS) is 14.5. The molecule has 1 aliphatic heterocycles.